The SMILES string of the molecule is CCCCCCCCC/C=C\CCCCCCCCCC(=O)OCCCCCCCCCCCCCCCCCC(=O)NC(CO)C(O)/C=C/CCCCCCCCCCCCCCCCCCCC. The first-order valence-corrected chi connectivity index (χ1v) is 31.6. The zero-order valence-corrected chi connectivity index (χ0v) is 47.3. The Morgan fingerprint density at radius 2 is 0.671 bits per heavy atom. The number of nitrogens with one attached hydrogen (secondary N) is 1. The van der Waals surface area contributed by atoms with Crippen molar-refractivity contribution in [2.75, 3.05) is 13.2 Å². The molecule has 0 aliphatic carbocycles. The van der Waals surface area contributed by atoms with Crippen molar-refractivity contribution in [1.29, 1.82) is 0 Å². The first-order chi connectivity index (χ1) is 34.5. The smallest absolute Gasteiger partial charge is 0.305 e. The predicted molar refractivity (Wildman–Crippen MR) is 306 cm³/mol. The van der Waals surface area contributed by atoms with E-state index in [0.29, 0.717) is 19.4 Å². The minimum Gasteiger partial charge on any atom is -0.466 e. The van der Waals surface area contributed by atoms with Gasteiger partial charge in [0.2, 0.25) is 5.91 Å². The quantitative estimate of drug-likeness (QED) is 0.0321. The van der Waals surface area contributed by atoms with E-state index in [1.54, 1.807) is 6.08 Å². The summed E-state index contributed by atoms with van der Waals surface area (Å²) in [6, 6.07) is -0.635. The minimum atomic E-state index is -0.851. The number of esters is 1. The topological polar surface area (TPSA) is 95.9 Å². The van der Waals surface area contributed by atoms with Gasteiger partial charge in [-0.15, -0.1) is 0 Å². The van der Waals surface area contributed by atoms with E-state index < -0.39 is 12.1 Å². The molecule has 414 valence electrons. The number of hydrogen-bond donors (Lipinski definition) is 3. The van der Waals surface area contributed by atoms with E-state index in [9.17, 15) is 19.8 Å². The van der Waals surface area contributed by atoms with Gasteiger partial charge >= 0.3 is 5.97 Å². The van der Waals surface area contributed by atoms with Crippen LogP contribution in [0.2, 0.25) is 0 Å². The number of ether oxygens (including phenoxy) is 1. The summed E-state index contributed by atoms with van der Waals surface area (Å²) in [7, 11) is 0. The highest BCUT2D eigenvalue weighted by atomic mass is 16.5. The summed E-state index contributed by atoms with van der Waals surface area (Å²) in [6.07, 6.45) is 73.5. The van der Waals surface area contributed by atoms with Crippen LogP contribution in [-0.2, 0) is 14.3 Å². The number of allylic oxidation sites excluding steroid dienone is 3. The van der Waals surface area contributed by atoms with Crippen LogP contribution in [0.4, 0.5) is 0 Å². The molecule has 0 aromatic carbocycles. The molecule has 0 aromatic heterocycles. The van der Waals surface area contributed by atoms with Crippen molar-refractivity contribution < 1.29 is 24.5 Å². The van der Waals surface area contributed by atoms with Crippen LogP contribution in [0.1, 0.15) is 348 Å². The molecule has 0 spiro atoms. The summed E-state index contributed by atoms with van der Waals surface area (Å²) >= 11 is 0. The van der Waals surface area contributed by atoms with E-state index in [0.717, 1.165) is 51.4 Å². The molecule has 0 fully saturated rings. The molecule has 2 atom stereocenters. The molecule has 3 N–H and O–H groups in total. The summed E-state index contributed by atoms with van der Waals surface area (Å²) in [6.45, 7) is 4.91. The Balaban J connectivity index is 3.45. The van der Waals surface area contributed by atoms with Gasteiger partial charge in [-0.05, 0) is 57.8 Å². The second-order valence-corrected chi connectivity index (χ2v) is 21.7. The molecule has 0 rings (SSSR count). The van der Waals surface area contributed by atoms with Gasteiger partial charge in [0.05, 0.1) is 25.4 Å². The molecule has 0 bridgehead atoms. The molecule has 0 saturated heterocycles. The summed E-state index contributed by atoms with van der Waals surface area (Å²) in [5.74, 6) is -0.0761. The third-order valence-electron chi connectivity index (χ3n) is 14.7. The first kappa shape index (κ1) is 68.3. The number of carbonyl (C=O) groups excluding carboxylic acids is 2. The maximum absolute atomic E-state index is 12.5. The van der Waals surface area contributed by atoms with Gasteiger partial charge in [0.25, 0.3) is 0 Å². The van der Waals surface area contributed by atoms with Crippen molar-refractivity contribution >= 4 is 11.9 Å². The third-order valence-corrected chi connectivity index (χ3v) is 14.7. The van der Waals surface area contributed by atoms with Crippen LogP contribution in [0, 0.1) is 0 Å². The largest absolute Gasteiger partial charge is 0.466 e. The molecule has 1 amide bonds. The van der Waals surface area contributed by atoms with Crippen LogP contribution in [0.5, 0.6) is 0 Å². The lowest BCUT2D eigenvalue weighted by molar-refractivity contribution is -0.143. The zero-order chi connectivity index (χ0) is 50.7. The van der Waals surface area contributed by atoms with Crippen LogP contribution in [-0.4, -0.2) is 47.4 Å². The maximum Gasteiger partial charge on any atom is 0.305 e. The average Bonchev–Trinajstić information content (AvgIpc) is 3.36. The molecular weight excluding hydrogens is 863 g/mol. The van der Waals surface area contributed by atoms with Crippen molar-refractivity contribution in [1.82, 2.24) is 5.32 Å². The average molecular weight is 987 g/mol. The second kappa shape index (κ2) is 59.9. The number of amides is 1. The van der Waals surface area contributed by atoms with Gasteiger partial charge in [0, 0.05) is 12.8 Å². The fourth-order valence-electron chi connectivity index (χ4n) is 9.87. The normalized spacial score (nSPS) is 12.7. The lowest BCUT2D eigenvalue weighted by Crippen LogP contribution is -2.45. The predicted octanol–water partition coefficient (Wildman–Crippen LogP) is 19.8. The third kappa shape index (κ3) is 55.7. The van der Waals surface area contributed by atoms with Crippen molar-refractivity contribution in [3.63, 3.8) is 0 Å². The van der Waals surface area contributed by atoms with Gasteiger partial charge in [-0.3, -0.25) is 9.59 Å². The fraction of sp³-hybridized carbons (Fsp3) is 0.906. The lowest BCUT2D eigenvalue weighted by Gasteiger charge is -2.20. The monoisotopic (exact) mass is 986 g/mol. The van der Waals surface area contributed by atoms with Crippen LogP contribution in [0.3, 0.4) is 0 Å². The molecule has 6 heteroatoms. The van der Waals surface area contributed by atoms with E-state index in [-0.39, 0.29) is 18.5 Å². The lowest BCUT2D eigenvalue weighted by atomic mass is 10.0. The van der Waals surface area contributed by atoms with Crippen molar-refractivity contribution in [2.24, 2.45) is 0 Å². The Kier molecular flexibility index (Phi) is 58.5. The molecule has 0 heterocycles. The minimum absolute atomic E-state index is 0.00261. The highest BCUT2D eigenvalue weighted by molar-refractivity contribution is 5.76. The van der Waals surface area contributed by atoms with E-state index in [4.69, 9.17) is 4.74 Å². The van der Waals surface area contributed by atoms with Crippen LogP contribution in [0.15, 0.2) is 24.3 Å². The van der Waals surface area contributed by atoms with Crippen LogP contribution >= 0.6 is 0 Å². The van der Waals surface area contributed by atoms with Gasteiger partial charge in [-0.25, -0.2) is 0 Å². The first-order valence-electron chi connectivity index (χ1n) is 31.6. The highest BCUT2D eigenvalue weighted by Gasteiger charge is 2.18. The summed E-state index contributed by atoms with van der Waals surface area (Å²) in [5, 5.41) is 23.2. The Bertz CT molecular complexity index is 1090. The molecule has 0 saturated carbocycles. The summed E-state index contributed by atoms with van der Waals surface area (Å²) in [5.41, 5.74) is 0. The standard InChI is InChI=1S/C64H123NO5/c1-3-5-7-9-11-13-15-17-19-21-23-24-25-28-32-36-40-44-48-52-56-62(67)61(60-66)65-63(68)57-53-49-45-41-37-33-29-27-31-35-39-43-47-51-55-59-70-64(69)58-54-50-46-42-38-34-30-26-22-20-18-16-14-12-10-8-6-4-2/h20,22,52,56,61-62,66-67H,3-19,21,23-51,53-55,57-60H2,1-2H3,(H,65,68)/b22-20-,56-52+. The summed E-state index contributed by atoms with van der Waals surface area (Å²) in [4.78, 5) is 24.6. The number of rotatable bonds is 59. The molecule has 0 aliphatic rings. The number of aliphatic hydroxyl groups is 2. The number of carbonyl (C=O) groups is 2. The molecule has 0 aromatic rings. The number of hydrogen-bond acceptors (Lipinski definition) is 5. The Labute approximate surface area is 437 Å². The van der Waals surface area contributed by atoms with Crippen molar-refractivity contribution in [2.45, 2.75) is 360 Å². The summed E-state index contributed by atoms with van der Waals surface area (Å²) < 4.78 is 5.49. The van der Waals surface area contributed by atoms with Gasteiger partial charge < -0.3 is 20.3 Å². The molecule has 2 unspecified atom stereocenters. The zero-order valence-electron chi connectivity index (χ0n) is 47.3. The fourth-order valence-corrected chi connectivity index (χ4v) is 9.87. The van der Waals surface area contributed by atoms with E-state index >= 15 is 0 Å². The number of unbranched alkanes of at least 4 members (excludes halogenated alkanes) is 46. The van der Waals surface area contributed by atoms with Gasteiger partial charge in [-0.1, -0.05) is 301 Å². The Morgan fingerprint density at radius 3 is 1.01 bits per heavy atom. The Morgan fingerprint density at radius 1 is 0.386 bits per heavy atom. The maximum atomic E-state index is 12.5. The molecular formula is C64H123NO5. The van der Waals surface area contributed by atoms with Gasteiger partial charge in [0.15, 0.2) is 0 Å². The van der Waals surface area contributed by atoms with Crippen molar-refractivity contribution in [3.05, 3.63) is 24.3 Å². The number of aliphatic hydroxyl groups excluding tert-OH is 2. The molecule has 0 aliphatic heterocycles. The van der Waals surface area contributed by atoms with Gasteiger partial charge in [0.1, 0.15) is 0 Å². The van der Waals surface area contributed by atoms with E-state index in [1.807, 2.05) is 6.08 Å². The van der Waals surface area contributed by atoms with E-state index in [2.05, 4.69) is 31.3 Å². The van der Waals surface area contributed by atoms with E-state index in [1.165, 1.54) is 270 Å². The molecule has 70 heavy (non-hydrogen) atoms. The second-order valence-electron chi connectivity index (χ2n) is 21.7. The van der Waals surface area contributed by atoms with Crippen molar-refractivity contribution in [3.8, 4) is 0 Å². The Hall–Kier alpha value is -1.66. The molecule has 0 radical (unpaired) electrons. The van der Waals surface area contributed by atoms with Crippen LogP contribution < -0.4 is 5.32 Å². The highest BCUT2D eigenvalue weighted by Crippen LogP contribution is 2.18. The van der Waals surface area contributed by atoms with Gasteiger partial charge in [-0.2, -0.15) is 0 Å². The van der Waals surface area contributed by atoms with Crippen LogP contribution in [0.25, 0.3) is 0 Å². The molecule has 6 nitrogen and oxygen atoms in total.